The van der Waals surface area contributed by atoms with Gasteiger partial charge in [-0.1, -0.05) is 24.3 Å². The van der Waals surface area contributed by atoms with Gasteiger partial charge in [-0.3, -0.25) is 24.1 Å². The first-order valence-corrected chi connectivity index (χ1v) is 12.4. The molecule has 11 heteroatoms. The van der Waals surface area contributed by atoms with E-state index >= 15 is 0 Å². The summed E-state index contributed by atoms with van der Waals surface area (Å²) in [6.07, 6.45) is -0.134. The summed E-state index contributed by atoms with van der Waals surface area (Å²) < 4.78 is 0. The Morgan fingerprint density at radius 2 is 1.68 bits per heavy atom. The lowest BCUT2D eigenvalue weighted by atomic mass is 9.61. The number of fused-ring (bicyclic) bond motifs is 3. The van der Waals surface area contributed by atoms with Gasteiger partial charge >= 0.3 is 0 Å². The van der Waals surface area contributed by atoms with Gasteiger partial charge in [-0.05, 0) is 62.2 Å². The highest BCUT2D eigenvalue weighted by atomic mass is 16.3. The molecule has 0 heterocycles. The first kappa shape index (κ1) is 26.9. The summed E-state index contributed by atoms with van der Waals surface area (Å²) >= 11 is 0. The normalized spacial score (nSPS) is 22.3. The van der Waals surface area contributed by atoms with Crippen molar-refractivity contribution in [3.05, 3.63) is 76.1 Å². The molecule has 40 heavy (non-hydrogen) atoms. The molecule has 0 fully saturated rings. The van der Waals surface area contributed by atoms with E-state index in [1.54, 1.807) is 43.3 Å². The zero-order chi connectivity index (χ0) is 29.3. The molecule has 2 aliphatic carbocycles. The van der Waals surface area contributed by atoms with Crippen LogP contribution in [0.25, 0.3) is 10.8 Å². The Hall–Kier alpha value is -4.74. The molecule has 11 nitrogen and oxygen atoms in total. The van der Waals surface area contributed by atoms with Crippen molar-refractivity contribution in [3.8, 4) is 11.5 Å². The number of carbonyl (C=O) groups excluding carboxylic acids is 4. The Morgan fingerprint density at radius 1 is 1.02 bits per heavy atom. The topological polar surface area (TPSA) is 190 Å². The first-order valence-electron chi connectivity index (χ1n) is 12.4. The summed E-state index contributed by atoms with van der Waals surface area (Å²) in [4.78, 5) is 53.4. The highest BCUT2D eigenvalue weighted by Gasteiger charge is 2.62. The molecule has 0 aromatic heterocycles. The first-order chi connectivity index (χ1) is 18.8. The molecule has 0 bridgehead atoms. The van der Waals surface area contributed by atoms with E-state index in [9.17, 15) is 39.6 Å². The van der Waals surface area contributed by atoms with Crippen molar-refractivity contribution in [2.75, 3.05) is 19.4 Å². The van der Waals surface area contributed by atoms with Crippen LogP contribution in [-0.2, 0) is 16.0 Å². The van der Waals surface area contributed by atoms with Gasteiger partial charge in [0.1, 0.15) is 17.1 Å². The summed E-state index contributed by atoms with van der Waals surface area (Å²) in [7, 11) is 3.05. The Labute approximate surface area is 228 Å². The zero-order valence-corrected chi connectivity index (χ0v) is 21.8. The SMILES string of the molecule is Cc1c2c(c(O)c3c(O)c(NC(=O)c4ccccc4)ccc13)C(=O)[C@]1(O)C(O)=C(C(N)=O)C(=O)[C@@H](N(C)C)[C@@H]1C2. The van der Waals surface area contributed by atoms with Crippen LogP contribution in [0.4, 0.5) is 5.69 Å². The van der Waals surface area contributed by atoms with Crippen LogP contribution in [0.1, 0.15) is 31.8 Å². The van der Waals surface area contributed by atoms with Crippen molar-refractivity contribution in [2.45, 2.75) is 25.0 Å². The number of amides is 2. The van der Waals surface area contributed by atoms with Gasteiger partial charge in [0.05, 0.1) is 22.7 Å². The Kier molecular flexibility index (Phi) is 6.16. The number of nitrogens with zero attached hydrogens (tertiary/aromatic N) is 1. The van der Waals surface area contributed by atoms with E-state index in [-0.39, 0.29) is 23.1 Å². The largest absolute Gasteiger partial charge is 0.508 e. The van der Waals surface area contributed by atoms with Crippen LogP contribution < -0.4 is 11.1 Å². The average Bonchev–Trinajstić information content (AvgIpc) is 2.90. The summed E-state index contributed by atoms with van der Waals surface area (Å²) in [6.45, 7) is 1.65. The number of benzene rings is 3. The number of primary amides is 1. The van der Waals surface area contributed by atoms with Crippen molar-refractivity contribution in [2.24, 2.45) is 11.7 Å². The lowest BCUT2D eigenvalue weighted by Crippen LogP contribution is -2.64. The van der Waals surface area contributed by atoms with E-state index < -0.39 is 63.8 Å². The third-order valence-electron chi connectivity index (χ3n) is 7.92. The Balaban J connectivity index is 1.72. The molecule has 2 aliphatic rings. The number of anilines is 1. The number of likely N-dealkylation sites (N-methyl/N-ethyl adjacent to an activating group) is 1. The second-order valence-electron chi connectivity index (χ2n) is 10.3. The number of nitrogens with one attached hydrogen (secondary N) is 1. The average molecular weight is 546 g/mol. The maximum Gasteiger partial charge on any atom is 0.255 e. The highest BCUT2D eigenvalue weighted by Crippen LogP contribution is 2.51. The molecule has 0 radical (unpaired) electrons. The number of aryl methyl sites for hydroxylation is 1. The molecule has 7 N–H and O–H groups in total. The fraction of sp³-hybridized carbons (Fsp3) is 0.241. The standard InChI is InChI=1S/C29H27N3O8/c1-12-14-9-10-17(31-28(39)13-7-5-4-6-8-13)22(33)18(14)23(34)19-15(12)11-16-21(32(2)3)24(35)20(27(30)38)26(37)29(16,40)25(19)36/h4-10,16,21,33-34,37,40H,11H2,1-3H3,(H2,30,38)(H,31,39)/t16-,21-,29-/m0/s1. The second kappa shape index (κ2) is 9.18. The van der Waals surface area contributed by atoms with E-state index in [1.807, 2.05) is 0 Å². The lowest BCUT2D eigenvalue weighted by Gasteiger charge is -2.47. The minimum absolute atomic E-state index is 0.0365. The molecule has 0 saturated heterocycles. The van der Waals surface area contributed by atoms with E-state index in [0.717, 1.165) is 0 Å². The molecule has 2 amide bonds. The third kappa shape index (κ3) is 3.59. The smallest absolute Gasteiger partial charge is 0.255 e. The van der Waals surface area contributed by atoms with Gasteiger partial charge in [0.15, 0.2) is 17.1 Å². The zero-order valence-electron chi connectivity index (χ0n) is 21.8. The fourth-order valence-electron chi connectivity index (χ4n) is 5.97. The number of aliphatic hydroxyl groups is 2. The predicted octanol–water partition coefficient (Wildman–Crippen LogP) is 1.71. The fourth-order valence-corrected chi connectivity index (χ4v) is 5.97. The van der Waals surface area contributed by atoms with Crippen molar-refractivity contribution in [1.82, 2.24) is 4.90 Å². The molecule has 0 aliphatic heterocycles. The molecule has 3 aromatic carbocycles. The van der Waals surface area contributed by atoms with Gasteiger partial charge in [-0.2, -0.15) is 0 Å². The minimum Gasteiger partial charge on any atom is -0.508 e. The number of phenolic OH excluding ortho intramolecular Hbond substituents is 2. The van der Waals surface area contributed by atoms with Crippen molar-refractivity contribution in [1.29, 1.82) is 0 Å². The summed E-state index contributed by atoms with van der Waals surface area (Å²) in [6, 6.07) is 10.1. The van der Waals surface area contributed by atoms with E-state index in [4.69, 9.17) is 5.73 Å². The van der Waals surface area contributed by atoms with E-state index in [1.165, 1.54) is 25.1 Å². The summed E-state index contributed by atoms with van der Waals surface area (Å²) in [5.74, 6) is -7.42. The number of aliphatic hydroxyl groups excluding tert-OH is 1. The quantitative estimate of drug-likeness (QED) is 0.209. The number of hydrogen-bond donors (Lipinski definition) is 6. The van der Waals surface area contributed by atoms with Gasteiger partial charge < -0.3 is 31.5 Å². The molecule has 3 atom stereocenters. The number of aromatic hydroxyl groups is 2. The minimum atomic E-state index is -2.76. The van der Waals surface area contributed by atoms with Crippen LogP contribution in [0.2, 0.25) is 0 Å². The van der Waals surface area contributed by atoms with Crippen LogP contribution in [0.3, 0.4) is 0 Å². The lowest BCUT2D eigenvalue weighted by molar-refractivity contribution is -0.132. The van der Waals surface area contributed by atoms with Crippen molar-refractivity contribution in [3.63, 3.8) is 0 Å². The van der Waals surface area contributed by atoms with E-state index in [0.29, 0.717) is 22.1 Å². The number of phenols is 2. The number of hydrogen-bond acceptors (Lipinski definition) is 9. The maximum atomic E-state index is 14.0. The molecular weight excluding hydrogens is 518 g/mol. The summed E-state index contributed by atoms with van der Waals surface area (Å²) in [5, 5.41) is 47.9. The molecule has 0 unspecified atom stereocenters. The summed E-state index contributed by atoms with van der Waals surface area (Å²) in [5.41, 5.74) is 2.38. The van der Waals surface area contributed by atoms with Crippen LogP contribution in [0.15, 0.2) is 53.8 Å². The van der Waals surface area contributed by atoms with Crippen LogP contribution in [-0.4, -0.2) is 74.4 Å². The Morgan fingerprint density at radius 3 is 2.27 bits per heavy atom. The van der Waals surface area contributed by atoms with Gasteiger partial charge in [-0.25, -0.2) is 0 Å². The molecule has 206 valence electrons. The number of rotatable bonds is 4. The highest BCUT2D eigenvalue weighted by molar-refractivity contribution is 6.25. The molecule has 0 saturated carbocycles. The Bertz CT molecular complexity index is 1680. The molecular formula is C29H27N3O8. The maximum absolute atomic E-state index is 14.0. The number of nitrogens with two attached hydrogens (primary N) is 1. The van der Waals surface area contributed by atoms with E-state index in [2.05, 4.69) is 5.32 Å². The van der Waals surface area contributed by atoms with Crippen molar-refractivity contribution < 1.29 is 39.6 Å². The van der Waals surface area contributed by atoms with Gasteiger partial charge in [-0.15, -0.1) is 0 Å². The van der Waals surface area contributed by atoms with Gasteiger partial charge in [0.25, 0.3) is 11.8 Å². The molecule has 0 spiro atoms. The number of Topliss-reactive ketones (excluding diaryl/α,β-unsaturated/α-hetero) is 2. The van der Waals surface area contributed by atoms with Crippen LogP contribution >= 0.6 is 0 Å². The molecule has 3 aromatic rings. The number of carbonyl (C=O) groups is 4. The predicted molar refractivity (Wildman–Crippen MR) is 144 cm³/mol. The van der Waals surface area contributed by atoms with Crippen LogP contribution in [0, 0.1) is 12.8 Å². The third-order valence-corrected chi connectivity index (χ3v) is 7.92. The molecule has 5 rings (SSSR count). The van der Waals surface area contributed by atoms with Gasteiger partial charge in [0, 0.05) is 11.5 Å². The number of ketones is 2. The van der Waals surface area contributed by atoms with Gasteiger partial charge in [0.2, 0.25) is 5.78 Å². The second-order valence-corrected chi connectivity index (χ2v) is 10.3. The van der Waals surface area contributed by atoms with Crippen LogP contribution in [0.5, 0.6) is 11.5 Å². The monoisotopic (exact) mass is 545 g/mol. The van der Waals surface area contributed by atoms with Crippen molar-refractivity contribution >= 4 is 39.8 Å².